The molecule has 106 heavy (non-hydrogen) atoms. The minimum Gasteiger partial charge on any atom is -0.457 e. The van der Waals surface area contributed by atoms with Crippen LogP contribution in [0.2, 0.25) is 0 Å². The van der Waals surface area contributed by atoms with Crippen LogP contribution in [0.4, 0.5) is 0 Å². The average Bonchev–Trinajstić information content (AvgIpc) is 1.50. The predicted octanol–water partition coefficient (Wildman–Crippen LogP) is 23.7. The van der Waals surface area contributed by atoms with Gasteiger partial charge in [0.25, 0.3) is 0 Å². The van der Waals surface area contributed by atoms with Gasteiger partial charge in [0.2, 0.25) is 0 Å². The Morgan fingerprint density at radius 3 is 0.745 bits per heavy atom. The Morgan fingerprint density at radius 2 is 0.377 bits per heavy atom. The first-order chi connectivity index (χ1) is 52.5. The summed E-state index contributed by atoms with van der Waals surface area (Å²) in [4.78, 5) is 31.7. The van der Waals surface area contributed by atoms with Crippen molar-refractivity contribution in [1.82, 2.24) is 29.9 Å². The SMILES string of the molecule is c1ccc(-c2ccc(-c3nc(-c4ccc(-c5cccc(-c6ccc(-c7nc(-c8cccc(-c9ccccc9)c8)nc(-c8ccc9c(c8)Oc8ccccc8C98c9ccccc9-c9ccccc98)n7)cc6)c5)cc4)nc(-c4ccc5c(c4)Oc4ccccc4C54c5ccccc5-c5ccccc54)n3)cc2)cc1. The molecule has 8 heteroatoms. The van der Waals surface area contributed by atoms with Gasteiger partial charge in [-0.15, -0.1) is 0 Å². The molecule has 0 saturated carbocycles. The second-order valence-electron chi connectivity index (χ2n) is 27.5. The lowest BCUT2D eigenvalue weighted by molar-refractivity contribution is 0.436. The van der Waals surface area contributed by atoms with Crippen molar-refractivity contribution in [3.05, 3.63) is 408 Å². The van der Waals surface area contributed by atoms with E-state index in [1.807, 2.05) is 18.2 Å². The molecule has 2 aliphatic carbocycles. The van der Waals surface area contributed by atoms with Crippen molar-refractivity contribution in [2.45, 2.75) is 10.8 Å². The van der Waals surface area contributed by atoms with Crippen molar-refractivity contribution < 1.29 is 9.47 Å². The van der Waals surface area contributed by atoms with Gasteiger partial charge in [0.1, 0.15) is 23.0 Å². The summed E-state index contributed by atoms with van der Waals surface area (Å²) in [6.07, 6.45) is 0. The zero-order valence-electron chi connectivity index (χ0n) is 57.1. The molecule has 0 atom stereocenters. The van der Waals surface area contributed by atoms with Gasteiger partial charge in [-0.2, -0.15) is 0 Å². The second kappa shape index (κ2) is 24.3. The molecule has 0 amide bonds. The number of fused-ring (bicyclic) bond motifs is 18. The van der Waals surface area contributed by atoms with Gasteiger partial charge in [-0.3, -0.25) is 0 Å². The van der Waals surface area contributed by atoms with Crippen LogP contribution in [-0.2, 0) is 10.8 Å². The molecule has 494 valence electrons. The van der Waals surface area contributed by atoms with Gasteiger partial charge in [-0.1, -0.05) is 328 Å². The fourth-order valence-corrected chi connectivity index (χ4v) is 16.9. The van der Waals surface area contributed by atoms with Crippen molar-refractivity contribution in [1.29, 1.82) is 0 Å². The van der Waals surface area contributed by atoms with Gasteiger partial charge in [0, 0.05) is 55.6 Å². The highest BCUT2D eigenvalue weighted by Crippen LogP contribution is 2.64. The topological polar surface area (TPSA) is 95.8 Å². The van der Waals surface area contributed by atoms with Crippen LogP contribution < -0.4 is 9.47 Å². The summed E-state index contributed by atoms with van der Waals surface area (Å²) in [5.74, 6) is 6.49. The van der Waals surface area contributed by atoms with Gasteiger partial charge >= 0.3 is 0 Å². The lowest BCUT2D eigenvalue weighted by Gasteiger charge is -2.39. The molecule has 0 bridgehead atoms. The molecule has 0 fully saturated rings. The zero-order valence-corrected chi connectivity index (χ0v) is 57.1. The summed E-state index contributed by atoms with van der Waals surface area (Å²) in [7, 11) is 0. The van der Waals surface area contributed by atoms with Crippen LogP contribution in [0.5, 0.6) is 23.0 Å². The van der Waals surface area contributed by atoms with Crippen LogP contribution in [0.1, 0.15) is 44.5 Å². The Morgan fingerprint density at radius 1 is 0.151 bits per heavy atom. The van der Waals surface area contributed by atoms with Crippen LogP contribution in [0.25, 0.3) is 135 Å². The van der Waals surface area contributed by atoms with Gasteiger partial charge in [-0.05, 0) is 125 Å². The van der Waals surface area contributed by atoms with Gasteiger partial charge in [-0.25, -0.2) is 29.9 Å². The Bertz CT molecular complexity index is 6300. The molecule has 2 aromatic heterocycles. The number of benzene rings is 15. The van der Waals surface area contributed by atoms with E-state index >= 15 is 0 Å². The summed E-state index contributed by atoms with van der Waals surface area (Å²) >= 11 is 0. The third-order valence-electron chi connectivity index (χ3n) is 21.8. The molecule has 0 N–H and O–H groups in total. The molecule has 21 rings (SSSR count). The first-order valence-corrected chi connectivity index (χ1v) is 35.9. The quantitative estimate of drug-likeness (QED) is 0.134. The smallest absolute Gasteiger partial charge is 0.164 e. The number of ether oxygens (including phenoxy) is 2. The highest BCUT2D eigenvalue weighted by molar-refractivity contribution is 5.91. The average molecular weight is 1350 g/mol. The third kappa shape index (κ3) is 9.62. The van der Waals surface area contributed by atoms with E-state index in [4.69, 9.17) is 39.4 Å². The molecule has 0 unspecified atom stereocenters. The molecule has 4 aliphatic rings. The molecular formula is C98H60N6O2. The van der Waals surface area contributed by atoms with Crippen molar-refractivity contribution in [2.75, 3.05) is 0 Å². The molecule has 0 saturated heterocycles. The van der Waals surface area contributed by atoms with Crippen molar-refractivity contribution in [2.24, 2.45) is 0 Å². The highest BCUT2D eigenvalue weighted by atomic mass is 16.5. The molecule has 2 spiro atoms. The summed E-state index contributed by atoms with van der Waals surface area (Å²) in [5.41, 5.74) is 26.8. The van der Waals surface area contributed by atoms with E-state index in [0.29, 0.717) is 34.9 Å². The van der Waals surface area contributed by atoms with Crippen molar-refractivity contribution in [3.8, 4) is 158 Å². The Kier molecular flexibility index (Phi) is 13.9. The lowest BCUT2D eigenvalue weighted by Crippen LogP contribution is -2.32. The van der Waals surface area contributed by atoms with Crippen LogP contribution in [0.15, 0.2) is 364 Å². The van der Waals surface area contributed by atoms with Crippen molar-refractivity contribution >= 4 is 0 Å². The van der Waals surface area contributed by atoms with Gasteiger partial charge in [0.15, 0.2) is 34.9 Å². The van der Waals surface area contributed by atoms with E-state index in [0.717, 1.165) is 123 Å². The first kappa shape index (κ1) is 60.7. The monoisotopic (exact) mass is 1350 g/mol. The number of rotatable bonds is 10. The van der Waals surface area contributed by atoms with Crippen LogP contribution in [0.3, 0.4) is 0 Å². The minimum atomic E-state index is -0.597. The van der Waals surface area contributed by atoms with Crippen LogP contribution >= 0.6 is 0 Å². The lowest BCUT2D eigenvalue weighted by atomic mass is 9.66. The van der Waals surface area contributed by atoms with E-state index in [2.05, 4.69) is 346 Å². The van der Waals surface area contributed by atoms with Gasteiger partial charge in [0.05, 0.1) is 10.8 Å². The third-order valence-corrected chi connectivity index (χ3v) is 21.8. The molecule has 8 nitrogen and oxygen atoms in total. The zero-order chi connectivity index (χ0) is 69.9. The minimum absolute atomic E-state index is 0.539. The fourth-order valence-electron chi connectivity index (χ4n) is 16.9. The Hall–Kier alpha value is -14.1. The van der Waals surface area contributed by atoms with Crippen molar-refractivity contribution in [3.63, 3.8) is 0 Å². The summed E-state index contributed by atoms with van der Waals surface area (Å²) < 4.78 is 13.9. The van der Waals surface area contributed by atoms with E-state index in [1.165, 1.54) is 44.5 Å². The molecular weight excluding hydrogens is 1290 g/mol. The normalized spacial score (nSPS) is 13.2. The van der Waals surface area contributed by atoms with Crippen LogP contribution in [0, 0.1) is 0 Å². The summed E-state index contributed by atoms with van der Waals surface area (Å²) in [6.45, 7) is 0. The van der Waals surface area contributed by atoms with Crippen LogP contribution in [-0.4, -0.2) is 29.9 Å². The highest BCUT2D eigenvalue weighted by Gasteiger charge is 2.53. The maximum absolute atomic E-state index is 6.98. The number of nitrogens with zero attached hydrogens (tertiary/aromatic N) is 6. The Balaban J connectivity index is 0.620. The maximum Gasteiger partial charge on any atom is 0.164 e. The summed E-state index contributed by atoms with van der Waals surface area (Å²) in [5, 5.41) is 0. The molecule has 0 radical (unpaired) electrons. The van der Waals surface area contributed by atoms with E-state index in [1.54, 1.807) is 0 Å². The van der Waals surface area contributed by atoms with Gasteiger partial charge < -0.3 is 9.47 Å². The first-order valence-electron chi connectivity index (χ1n) is 35.9. The number of hydrogen-bond acceptors (Lipinski definition) is 8. The largest absolute Gasteiger partial charge is 0.457 e. The molecule has 15 aromatic carbocycles. The second-order valence-corrected chi connectivity index (χ2v) is 27.5. The fraction of sp³-hybridized carbons (Fsp3) is 0.0204. The number of hydrogen-bond donors (Lipinski definition) is 0. The standard InChI is InChI=1S/C98H60N6O2/c1-3-21-61(22-4-1)63-41-47-66(48-42-63)91-99-92(102-95(101-91)73-53-55-85-89(59-73)105-87-39-17-15-37-83(87)97(85)79-33-11-7-29-75(79)76-30-8-12-34-80(76)97)67-49-43-64(44-50-67)69-25-19-26-70(57-69)65-45-51-68(52-46-65)93-100-94(72-28-20-27-71(58-72)62-23-5-2-6-24-62)104-96(103-93)74-54-56-86-90(60-74)106-88-40-18-16-38-84(88)98(86)81-35-13-9-31-77(81)78-32-10-14-36-82(78)98/h1-60H. The summed E-state index contributed by atoms with van der Waals surface area (Å²) in [6, 6.07) is 129. The predicted molar refractivity (Wildman–Crippen MR) is 422 cm³/mol. The molecule has 17 aromatic rings. The molecule has 4 heterocycles. The van der Waals surface area contributed by atoms with E-state index in [9.17, 15) is 0 Å². The molecule has 2 aliphatic heterocycles. The number of para-hydroxylation sites is 2. The number of aromatic nitrogens is 6. The Labute approximate surface area is 613 Å². The van der Waals surface area contributed by atoms with E-state index < -0.39 is 10.8 Å². The maximum atomic E-state index is 6.98. The van der Waals surface area contributed by atoms with E-state index in [-0.39, 0.29) is 0 Å².